The van der Waals surface area contributed by atoms with Crippen molar-refractivity contribution in [3.63, 3.8) is 0 Å². The zero-order chi connectivity index (χ0) is 26.6. The van der Waals surface area contributed by atoms with Crippen molar-refractivity contribution in [1.82, 2.24) is 9.21 Å². The van der Waals surface area contributed by atoms with Crippen molar-refractivity contribution >= 4 is 16.0 Å². The number of ether oxygens (including phenoxy) is 1. The number of para-hydroxylation sites is 1. The Labute approximate surface area is 207 Å². The van der Waals surface area contributed by atoms with Gasteiger partial charge in [-0.1, -0.05) is 31.2 Å². The summed E-state index contributed by atoms with van der Waals surface area (Å²) in [4.78, 5) is 11.5. The van der Waals surface area contributed by atoms with Crippen LogP contribution in [0.5, 0.6) is 5.75 Å². The molecule has 0 aliphatic carbocycles. The molecular formula is C24H28F4N2O5S. The minimum Gasteiger partial charge on any atom is -0.492 e. The molecule has 7 nitrogen and oxygen atoms in total. The monoisotopic (exact) mass is 532 g/mol. The highest BCUT2D eigenvalue weighted by Crippen LogP contribution is 2.39. The molecule has 2 aromatic carbocycles. The number of fused-ring (bicyclic) bond motifs is 1. The lowest BCUT2D eigenvalue weighted by Gasteiger charge is -2.44. The Morgan fingerprint density at radius 2 is 1.67 bits per heavy atom. The number of aliphatic carboxylic acids is 1. The molecule has 198 valence electrons. The van der Waals surface area contributed by atoms with Crippen molar-refractivity contribution in [2.75, 3.05) is 32.8 Å². The van der Waals surface area contributed by atoms with Gasteiger partial charge in [-0.2, -0.15) is 17.5 Å². The molecule has 0 radical (unpaired) electrons. The lowest BCUT2D eigenvalue weighted by atomic mass is 9.78. The van der Waals surface area contributed by atoms with Gasteiger partial charge >= 0.3 is 12.1 Å². The SMILES string of the molecule is CCN1CC2(CCN(Cc3ccc(F)cc3)CC2)COc2ccccc2S1(=O)=O.O=C(O)C(F)(F)F. The first-order valence-corrected chi connectivity index (χ1v) is 12.8. The summed E-state index contributed by atoms with van der Waals surface area (Å²) >= 11 is 0. The fourth-order valence-corrected chi connectivity index (χ4v) is 5.97. The van der Waals surface area contributed by atoms with E-state index >= 15 is 0 Å². The molecule has 2 heterocycles. The highest BCUT2D eigenvalue weighted by atomic mass is 32.2. The van der Waals surface area contributed by atoms with Crippen LogP contribution in [0.2, 0.25) is 0 Å². The largest absolute Gasteiger partial charge is 0.492 e. The maximum absolute atomic E-state index is 13.2. The first kappa shape index (κ1) is 27.9. The molecule has 1 spiro atoms. The molecule has 12 heteroatoms. The van der Waals surface area contributed by atoms with Crippen LogP contribution >= 0.6 is 0 Å². The van der Waals surface area contributed by atoms with Crippen molar-refractivity contribution in [2.24, 2.45) is 5.41 Å². The van der Waals surface area contributed by atoms with E-state index in [4.69, 9.17) is 14.6 Å². The summed E-state index contributed by atoms with van der Waals surface area (Å²) in [6.07, 6.45) is -3.36. The normalized spacial score (nSPS) is 19.7. The van der Waals surface area contributed by atoms with Crippen LogP contribution in [0.4, 0.5) is 17.6 Å². The summed E-state index contributed by atoms with van der Waals surface area (Å²) in [6, 6.07) is 13.5. The number of likely N-dealkylation sites (tertiary alicyclic amines) is 1. The number of carboxylic acid groups (broad SMARTS) is 1. The molecule has 2 aliphatic heterocycles. The van der Waals surface area contributed by atoms with E-state index in [1.165, 1.54) is 12.1 Å². The van der Waals surface area contributed by atoms with Crippen LogP contribution in [0.25, 0.3) is 0 Å². The Kier molecular flexibility index (Phi) is 8.63. The first-order chi connectivity index (χ1) is 16.9. The number of benzene rings is 2. The number of carbonyl (C=O) groups is 1. The van der Waals surface area contributed by atoms with E-state index in [-0.39, 0.29) is 16.1 Å². The third kappa shape index (κ3) is 6.74. The van der Waals surface area contributed by atoms with Gasteiger partial charge < -0.3 is 9.84 Å². The highest BCUT2D eigenvalue weighted by molar-refractivity contribution is 7.89. The number of sulfonamides is 1. The Balaban J connectivity index is 0.000000454. The van der Waals surface area contributed by atoms with E-state index in [1.807, 2.05) is 25.1 Å². The van der Waals surface area contributed by atoms with Gasteiger partial charge in [-0.05, 0) is 55.8 Å². The molecule has 0 bridgehead atoms. The molecule has 4 rings (SSSR count). The summed E-state index contributed by atoms with van der Waals surface area (Å²) in [7, 11) is -3.58. The number of alkyl halides is 3. The molecule has 0 unspecified atom stereocenters. The van der Waals surface area contributed by atoms with Gasteiger partial charge in [-0.25, -0.2) is 17.6 Å². The van der Waals surface area contributed by atoms with E-state index in [0.717, 1.165) is 38.0 Å². The van der Waals surface area contributed by atoms with Crippen LogP contribution in [0, 0.1) is 11.2 Å². The summed E-state index contributed by atoms with van der Waals surface area (Å²) in [5.41, 5.74) is 0.888. The van der Waals surface area contributed by atoms with Gasteiger partial charge in [-0.15, -0.1) is 0 Å². The first-order valence-electron chi connectivity index (χ1n) is 11.4. The Morgan fingerprint density at radius 3 is 2.22 bits per heavy atom. The molecule has 0 amide bonds. The highest BCUT2D eigenvalue weighted by Gasteiger charge is 2.42. The fraction of sp³-hybridized carbons (Fsp3) is 0.458. The van der Waals surface area contributed by atoms with Gasteiger partial charge in [0.15, 0.2) is 0 Å². The Morgan fingerprint density at radius 1 is 1.08 bits per heavy atom. The third-order valence-corrected chi connectivity index (χ3v) is 8.30. The summed E-state index contributed by atoms with van der Waals surface area (Å²) in [5, 5.41) is 7.12. The second-order valence-electron chi connectivity index (χ2n) is 8.87. The van der Waals surface area contributed by atoms with Crippen LogP contribution in [-0.2, 0) is 21.4 Å². The molecule has 1 N–H and O–H groups in total. The quantitative estimate of drug-likeness (QED) is 0.598. The van der Waals surface area contributed by atoms with Crippen molar-refractivity contribution in [1.29, 1.82) is 0 Å². The van der Waals surface area contributed by atoms with E-state index in [0.29, 0.717) is 25.4 Å². The van der Waals surface area contributed by atoms with Crippen molar-refractivity contribution in [3.8, 4) is 5.75 Å². The molecular weight excluding hydrogens is 504 g/mol. The lowest BCUT2D eigenvalue weighted by molar-refractivity contribution is -0.192. The molecule has 0 atom stereocenters. The van der Waals surface area contributed by atoms with Gasteiger partial charge in [-0.3, -0.25) is 4.90 Å². The van der Waals surface area contributed by atoms with Gasteiger partial charge in [0, 0.05) is 25.0 Å². The summed E-state index contributed by atoms with van der Waals surface area (Å²) in [6.45, 7) is 5.82. The van der Waals surface area contributed by atoms with Crippen LogP contribution in [0.3, 0.4) is 0 Å². The second-order valence-corrected chi connectivity index (χ2v) is 10.8. The number of hydrogen-bond acceptors (Lipinski definition) is 5. The molecule has 0 aromatic heterocycles. The number of carboxylic acids is 1. The van der Waals surface area contributed by atoms with Crippen molar-refractivity contribution in [2.45, 2.75) is 37.4 Å². The number of hydrogen-bond donors (Lipinski definition) is 1. The smallest absolute Gasteiger partial charge is 0.490 e. The zero-order valence-electron chi connectivity index (χ0n) is 19.7. The van der Waals surface area contributed by atoms with E-state index < -0.39 is 22.2 Å². The van der Waals surface area contributed by atoms with Gasteiger partial charge in [0.1, 0.15) is 16.5 Å². The van der Waals surface area contributed by atoms with Crippen LogP contribution in [0.15, 0.2) is 53.4 Å². The summed E-state index contributed by atoms with van der Waals surface area (Å²) in [5.74, 6) is -2.54. The predicted octanol–water partition coefficient (Wildman–Crippen LogP) is 4.14. The van der Waals surface area contributed by atoms with Crippen LogP contribution in [0.1, 0.15) is 25.3 Å². The Bertz CT molecular complexity index is 1150. The molecule has 0 saturated carbocycles. The fourth-order valence-electron chi connectivity index (χ4n) is 4.27. The lowest BCUT2D eigenvalue weighted by Crippen LogP contribution is -2.51. The average Bonchev–Trinajstić information content (AvgIpc) is 2.83. The van der Waals surface area contributed by atoms with Gasteiger partial charge in [0.05, 0.1) is 6.61 Å². The third-order valence-electron chi connectivity index (χ3n) is 6.34. The minimum absolute atomic E-state index is 0.199. The van der Waals surface area contributed by atoms with Crippen molar-refractivity contribution < 1.29 is 40.6 Å². The second kappa shape index (κ2) is 11.1. The number of nitrogens with zero attached hydrogens (tertiary/aromatic N) is 2. The predicted molar refractivity (Wildman–Crippen MR) is 123 cm³/mol. The molecule has 1 saturated heterocycles. The molecule has 36 heavy (non-hydrogen) atoms. The Hall–Kier alpha value is -2.70. The van der Waals surface area contributed by atoms with Crippen LogP contribution in [-0.4, -0.2) is 67.7 Å². The van der Waals surface area contributed by atoms with Crippen molar-refractivity contribution in [3.05, 3.63) is 59.9 Å². The number of halogens is 4. The zero-order valence-corrected chi connectivity index (χ0v) is 20.5. The number of piperidine rings is 1. The molecule has 2 aliphatic rings. The van der Waals surface area contributed by atoms with E-state index in [2.05, 4.69) is 4.90 Å². The minimum atomic E-state index is -5.08. The standard InChI is InChI=1S/C22H27FN2O3S.C2HF3O2/c1-2-25-16-22(17-28-20-5-3-4-6-21(20)29(25,26)27)11-13-24(14-12-22)15-18-7-9-19(23)10-8-18;3-2(4,5)1(6)7/h3-10H,2,11-17H2,1H3;(H,6,7). The average molecular weight is 533 g/mol. The van der Waals surface area contributed by atoms with Crippen LogP contribution < -0.4 is 4.74 Å². The molecule has 1 fully saturated rings. The number of rotatable bonds is 3. The maximum Gasteiger partial charge on any atom is 0.490 e. The van der Waals surface area contributed by atoms with Gasteiger partial charge in [0.2, 0.25) is 10.0 Å². The van der Waals surface area contributed by atoms with Gasteiger partial charge in [0.25, 0.3) is 0 Å². The van der Waals surface area contributed by atoms with E-state index in [1.54, 1.807) is 22.5 Å². The maximum atomic E-state index is 13.2. The topological polar surface area (TPSA) is 87.2 Å². The molecule has 2 aromatic rings. The summed E-state index contributed by atoms with van der Waals surface area (Å²) < 4.78 is 78.9. The van der Waals surface area contributed by atoms with E-state index in [9.17, 15) is 26.0 Å².